The number of rotatable bonds is 5. The van der Waals surface area contributed by atoms with Crippen LogP contribution in [-0.4, -0.2) is 42.3 Å². The number of hydrogen-bond donors (Lipinski definition) is 1. The molecule has 6 heteroatoms. The zero-order valence-corrected chi connectivity index (χ0v) is 19.0. The fourth-order valence-corrected chi connectivity index (χ4v) is 5.19. The van der Waals surface area contributed by atoms with Gasteiger partial charge in [-0.05, 0) is 82.1 Å². The lowest BCUT2D eigenvalue weighted by atomic mass is 9.84. The quantitative estimate of drug-likeness (QED) is 0.535. The number of benzene rings is 1. The molecule has 1 saturated carbocycles. The summed E-state index contributed by atoms with van der Waals surface area (Å²) in [5.41, 5.74) is 2.71. The predicted molar refractivity (Wildman–Crippen MR) is 119 cm³/mol. The van der Waals surface area contributed by atoms with Gasteiger partial charge in [-0.3, -0.25) is 4.90 Å². The van der Waals surface area contributed by atoms with Crippen LogP contribution in [0, 0.1) is 5.92 Å². The second-order valence-corrected chi connectivity index (χ2v) is 10.0. The lowest BCUT2D eigenvalue weighted by molar-refractivity contribution is 0.0484. The van der Waals surface area contributed by atoms with Crippen molar-refractivity contribution in [3.8, 4) is 0 Å². The lowest BCUT2D eigenvalue weighted by Gasteiger charge is -2.31. The van der Waals surface area contributed by atoms with Gasteiger partial charge in [-0.15, -0.1) is 0 Å². The van der Waals surface area contributed by atoms with Crippen molar-refractivity contribution in [1.29, 1.82) is 0 Å². The van der Waals surface area contributed by atoms with E-state index in [9.17, 15) is 9.59 Å². The topological polar surface area (TPSA) is 67.9 Å². The van der Waals surface area contributed by atoms with Crippen LogP contribution < -0.4 is 5.32 Å². The van der Waals surface area contributed by atoms with Crippen LogP contribution in [0.25, 0.3) is 0 Å². The maximum absolute atomic E-state index is 12.0. The minimum absolute atomic E-state index is 0.219. The number of carbonyl (C=O) groups is 2. The Morgan fingerprint density at radius 1 is 1.06 bits per heavy atom. The molecule has 1 N–H and O–H groups in total. The monoisotopic (exact) mass is 426 g/mol. The molecule has 2 bridgehead atoms. The van der Waals surface area contributed by atoms with Crippen molar-refractivity contribution < 1.29 is 19.1 Å². The molecular formula is C25H34N2O4. The van der Waals surface area contributed by atoms with Crippen molar-refractivity contribution in [3.63, 3.8) is 0 Å². The van der Waals surface area contributed by atoms with Gasteiger partial charge in [0, 0.05) is 12.6 Å². The number of carbonyl (C=O) groups excluding carboxylic acids is 2. The van der Waals surface area contributed by atoms with E-state index in [1.54, 1.807) is 0 Å². The number of nitrogens with one attached hydrogen (secondary N) is 1. The fraction of sp³-hybridized carbons (Fsp3) is 0.600. The molecule has 0 aromatic heterocycles. The molecule has 2 unspecified atom stereocenters. The molecule has 1 amide bonds. The van der Waals surface area contributed by atoms with Crippen LogP contribution in [-0.2, 0) is 9.47 Å². The number of hydrogen-bond acceptors (Lipinski definition) is 5. The SMILES string of the molecule is COC(=O)c1ccc2c(c1)C1C=CC2N1CCC1CCC(NC(=O)OC(C)(C)C)CC1. The third kappa shape index (κ3) is 4.79. The van der Waals surface area contributed by atoms with E-state index in [0.717, 1.165) is 38.6 Å². The first-order chi connectivity index (χ1) is 14.7. The molecule has 31 heavy (non-hydrogen) atoms. The summed E-state index contributed by atoms with van der Waals surface area (Å²) in [4.78, 5) is 26.4. The fourth-order valence-electron chi connectivity index (χ4n) is 5.19. The largest absolute Gasteiger partial charge is 0.465 e. The van der Waals surface area contributed by atoms with Crippen LogP contribution in [0.2, 0.25) is 0 Å². The van der Waals surface area contributed by atoms with Gasteiger partial charge in [0.2, 0.25) is 0 Å². The van der Waals surface area contributed by atoms with Gasteiger partial charge in [0.05, 0.1) is 24.8 Å². The van der Waals surface area contributed by atoms with E-state index < -0.39 is 5.60 Å². The van der Waals surface area contributed by atoms with E-state index in [1.165, 1.54) is 18.2 Å². The van der Waals surface area contributed by atoms with Crippen molar-refractivity contribution in [2.24, 2.45) is 5.92 Å². The summed E-state index contributed by atoms with van der Waals surface area (Å²) in [6.07, 6.45) is 9.69. The van der Waals surface area contributed by atoms with E-state index in [1.807, 2.05) is 32.9 Å². The average molecular weight is 427 g/mol. The molecule has 1 aliphatic carbocycles. The minimum atomic E-state index is -0.459. The number of nitrogens with zero attached hydrogens (tertiary/aromatic N) is 1. The molecular weight excluding hydrogens is 392 g/mol. The molecule has 2 heterocycles. The van der Waals surface area contributed by atoms with E-state index in [4.69, 9.17) is 9.47 Å². The second-order valence-electron chi connectivity index (χ2n) is 10.0. The smallest absolute Gasteiger partial charge is 0.407 e. The van der Waals surface area contributed by atoms with Crippen molar-refractivity contribution >= 4 is 12.1 Å². The number of fused-ring (bicyclic) bond motifs is 5. The van der Waals surface area contributed by atoms with E-state index in [-0.39, 0.29) is 24.1 Å². The maximum Gasteiger partial charge on any atom is 0.407 e. The van der Waals surface area contributed by atoms with Crippen molar-refractivity contribution in [1.82, 2.24) is 10.2 Å². The first-order valence-corrected chi connectivity index (χ1v) is 11.4. The highest BCUT2D eigenvalue weighted by Gasteiger charge is 2.40. The predicted octanol–water partition coefficient (Wildman–Crippen LogP) is 4.91. The van der Waals surface area contributed by atoms with Crippen molar-refractivity contribution in [2.45, 2.75) is 76.6 Å². The first kappa shape index (κ1) is 21.9. The van der Waals surface area contributed by atoms with Gasteiger partial charge in [0.15, 0.2) is 0 Å². The Bertz CT molecular complexity index is 865. The molecule has 0 saturated heterocycles. The summed E-state index contributed by atoms with van der Waals surface area (Å²) in [5, 5.41) is 3.03. The van der Waals surface area contributed by atoms with Crippen LogP contribution in [0.4, 0.5) is 4.79 Å². The molecule has 1 aromatic carbocycles. The van der Waals surface area contributed by atoms with E-state index in [2.05, 4.69) is 28.4 Å². The molecule has 2 aliphatic heterocycles. The number of amides is 1. The molecule has 6 nitrogen and oxygen atoms in total. The first-order valence-electron chi connectivity index (χ1n) is 11.4. The zero-order chi connectivity index (χ0) is 22.2. The molecule has 0 radical (unpaired) electrons. The number of ether oxygens (including phenoxy) is 2. The lowest BCUT2D eigenvalue weighted by Crippen LogP contribution is -2.41. The molecule has 4 rings (SSSR count). The van der Waals surface area contributed by atoms with Crippen molar-refractivity contribution in [2.75, 3.05) is 13.7 Å². The average Bonchev–Trinajstić information content (AvgIpc) is 3.26. The number of alkyl carbamates (subject to hydrolysis) is 1. The zero-order valence-electron chi connectivity index (χ0n) is 19.0. The standard InChI is InChI=1S/C25H34N2O4/c1-25(2,3)31-24(29)26-18-8-5-16(6-9-18)13-14-27-21-11-12-22(27)20-15-17(23(28)30-4)7-10-19(20)21/h7,10-12,15-16,18,21-22H,5-6,8-9,13-14H2,1-4H3,(H,26,29). The number of esters is 1. The molecule has 1 aromatic rings. The Morgan fingerprint density at radius 3 is 2.39 bits per heavy atom. The molecule has 3 aliphatic rings. The van der Waals surface area contributed by atoms with Gasteiger partial charge >= 0.3 is 12.1 Å². The molecule has 0 spiro atoms. The van der Waals surface area contributed by atoms with Crippen LogP contribution >= 0.6 is 0 Å². The van der Waals surface area contributed by atoms with Gasteiger partial charge in [-0.2, -0.15) is 0 Å². The third-order valence-electron chi connectivity index (χ3n) is 6.70. The normalized spacial score (nSPS) is 27.1. The second kappa shape index (κ2) is 8.65. The maximum atomic E-state index is 12.0. The van der Waals surface area contributed by atoms with Gasteiger partial charge in [0.25, 0.3) is 0 Å². The van der Waals surface area contributed by atoms with Gasteiger partial charge in [-0.25, -0.2) is 9.59 Å². The molecule has 168 valence electrons. The third-order valence-corrected chi connectivity index (χ3v) is 6.70. The number of methoxy groups -OCH3 is 1. The summed E-state index contributed by atoms with van der Waals surface area (Å²) in [7, 11) is 1.42. The van der Waals surface area contributed by atoms with Crippen LogP contribution in [0.5, 0.6) is 0 Å². The summed E-state index contributed by atoms with van der Waals surface area (Å²) < 4.78 is 10.3. The van der Waals surface area contributed by atoms with Gasteiger partial charge in [-0.1, -0.05) is 18.2 Å². The van der Waals surface area contributed by atoms with E-state index >= 15 is 0 Å². The molecule has 2 atom stereocenters. The Kier molecular flexibility index (Phi) is 6.11. The van der Waals surface area contributed by atoms with E-state index in [0.29, 0.717) is 17.5 Å². The minimum Gasteiger partial charge on any atom is -0.465 e. The highest BCUT2D eigenvalue weighted by atomic mass is 16.6. The highest BCUT2D eigenvalue weighted by molar-refractivity contribution is 5.89. The summed E-state index contributed by atoms with van der Waals surface area (Å²) in [6.45, 7) is 6.70. The van der Waals surface area contributed by atoms with Gasteiger partial charge in [0.1, 0.15) is 5.60 Å². The Labute approximate surface area is 185 Å². The Hall–Kier alpha value is -2.34. The summed E-state index contributed by atoms with van der Waals surface area (Å²) in [6, 6.07) is 6.74. The summed E-state index contributed by atoms with van der Waals surface area (Å²) >= 11 is 0. The molecule has 1 fully saturated rings. The van der Waals surface area contributed by atoms with Crippen LogP contribution in [0.3, 0.4) is 0 Å². The highest BCUT2D eigenvalue weighted by Crippen LogP contribution is 2.49. The van der Waals surface area contributed by atoms with Gasteiger partial charge < -0.3 is 14.8 Å². The Balaban J connectivity index is 1.26. The Morgan fingerprint density at radius 2 is 1.74 bits per heavy atom. The van der Waals surface area contributed by atoms with Crippen molar-refractivity contribution in [3.05, 3.63) is 47.0 Å². The van der Waals surface area contributed by atoms with Crippen LogP contribution in [0.1, 0.15) is 86.4 Å². The van der Waals surface area contributed by atoms with Crippen LogP contribution in [0.15, 0.2) is 30.4 Å². The summed E-state index contributed by atoms with van der Waals surface area (Å²) in [5.74, 6) is 0.406.